The highest BCUT2D eigenvalue weighted by Crippen LogP contribution is 2.28. The molecule has 0 atom stereocenters. The fourth-order valence-corrected chi connectivity index (χ4v) is 4.05. The quantitative estimate of drug-likeness (QED) is 0.179. The van der Waals surface area contributed by atoms with Crippen molar-refractivity contribution >= 4 is 17.5 Å². The first kappa shape index (κ1) is 27.4. The molecular formula is C23H31F3N6O4. The molecule has 4 N–H and O–H groups in total. The van der Waals surface area contributed by atoms with Crippen LogP contribution in [0.1, 0.15) is 37.7 Å². The van der Waals surface area contributed by atoms with Gasteiger partial charge in [-0.2, -0.15) is 18.2 Å². The molecule has 1 aromatic carbocycles. The van der Waals surface area contributed by atoms with Gasteiger partial charge in [0.2, 0.25) is 11.8 Å². The summed E-state index contributed by atoms with van der Waals surface area (Å²) < 4.78 is 42.5. The van der Waals surface area contributed by atoms with Crippen LogP contribution in [-0.4, -0.2) is 58.5 Å². The highest BCUT2D eigenvalue weighted by Gasteiger charge is 2.29. The first-order chi connectivity index (χ1) is 17.2. The van der Waals surface area contributed by atoms with Crippen LogP contribution < -0.4 is 20.7 Å². The average molecular weight is 513 g/mol. The van der Waals surface area contributed by atoms with Gasteiger partial charge >= 0.3 is 11.9 Å². The van der Waals surface area contributed by atoms with Gasteiger partial charge in [0.1, 0.15) is 11.9 Å². The van der Waals surface area contributed by atoms with Crippen LogP contribution in [0.5, 0.6) is 5.75 Å². The summed E-state index contributed by atoms with van der Waals surface area (Å²) in [4.78, 5) is 19.1. The number of nitrogens with one attached hydrogen (secondary N) is 3. The molecule has 13 heteroatoms. The summed E-state index contributed by atoms with van der Waals surface area (Å²) in [6, 6.07) is 6.69. The maximum absolute atomic E-state index is 12.5. The molecule has 198 valence electrons. The molecule has 0 saturated heterocycles. The molecule has 2 aromatic rings. The van der Waals surface area contributed by atoms with E-state index in [-0.39, 0.29) is 36.4 Å². The minimum absolute atomic E-state index is 0.0680. The number of anilines is 2. The molecule has 0 aliphatic heterocycles. The number of rotatable bonds is 13. The molecule has 36 heavy (non-hydrogen) atoms. The topological polar surface area (TPSA) is 134 Å². The van der Waals surface area contributed by atoms with Crippen molar-refractivity contribution in [2.24, 2.45) is 5.92 Å². The molecule has 0 unspecified atom stereocenters. The van der Waals surface area contributed by atoms with Crippen LogP contribution >= 0.6 is 0 Å². The van der Waals surface area contributed by atoms with Gasteiger partial charge in [-0.1, -0.05) is 18.2 Å². The van der Waals surface area contributed by atoms with Crippen LogP contribution in [-0.2, 0) is 6.54 Å². The number of ether oxygens (including phenoxy) is 1. The Morgan fingerprint density at radius 3 is 2.61 bits per heavy atom. The van der Waals surface area contributed by atoms with E-state index in [1.54, 1.807) is 18.2 Å². The third-order valence-electron chi connectivity index (χ3n) is 5.94. The van der Waals surface area contributed by atoms with Crippen molar-refractivity contribution in [2.45, 2.75) is 50.9 Å². The lowest BCUT2D eigenvalue weighted by Crippen LogP contribution is -2.35. The standard InChI is InChI=1S/C23H31F3N6O4/c24-23(25,26)15-36-20-5-2-1-4-17(20)13-29-22-30-14-19(32(34)35)21(31-22)28-12-16-6-8-18(9-7-16)27-10-3-11-33/h1-2,4-5,14,16,18,27,33H,3,6-13,15H2,(H2,28,29,30,31). The summed E-state index contributed by atoms with van der Waals surface area (Å²) in [5.74, 6) is 0.599. The Labute approximate surface area is 206 Å². The molecule has 1 saturated carbocycles. The van der Waals surface area contributed by atoms with Gasteiger partial charge in [-0.05, 0) is 50.6 Å². The summed E-state index contributed by atoms with van der Waals surface area (Å²) in [6.45, 7) is 0.130. The minimum Gasteiger partial charge on any atom is -0.484 e. The number of alkyl halides is 3. The molecule has 1 fully saturated rings. The highest BCUT2D eigenvalue weighted by atomic mass is 19.4. The van der Waals surface area contributed by atoms with Crippen molar-refractivity contribution < 1.29 is 27.9 Å². The zero-order chi connectivity index (χ0) is 26.0. The van der Waals surface area contributed by atoms with E-state index in [0.29, 0.717) is 24.1 Å². The van der Waals surface area contributed by atoms with Gasteiger partial charge in [0, 0.05) is 31.3 Å². The summed E-state index contributed by atoms with van der Waals surface area (Å²) >= 11 is 0. The van der Waals surface area contributed by atoms with Gasteiger partial charge in [0.25, 0.3) is 0 Å². The first-order valence-corrected chi connectivity index (χ1v) is 11.9. The fraction of sp³-hybridized carbons (Fsp3) is 0.565. The fourth-order valence-electron chi connectivity index (χ4n) is 4.05. The van der Waals surface area contributed by atoms with Gasteiger partial charge in [-0.25, -0.2) is 4.98 Å². The Bertz CT molecular complexity index is 987. The van der Waals surface area contributed by atoms with E-state index in [9.17, 15) is 23.3 Å². The number of aromatic nitrogens is 2. The monoisotopic (exact) mass is 512 g/mol. The largest absolute Gasteiger partial charge is 0.484 e. The predicted octanol–water partition coefficient (Wildman–Crippen LogP) is 3.88. The third-order valence-corrected chi connectivity index (χ3v) is 5.94. The summed E-state index contributed by atoms with van der Waals surface area (Å²) in [5, 5.41) is 29.8. The van der Waals surface area contributed by atoms with Crippen LogP contribution in [0, 0.1) is 16.0 Å². The third kappa shape index (κ3) is 8.79. The number of hydrogen-bond donors (Lipinski definition) is 4. The van der Waals surface area contributed by atoms with E-state index < -0.39 is 17.7 Å². The predicted molar refractivity (Wildman–Crippen MR) is 128 cm³/mol. The van der Waals surface area contributed by atoms with Crippen molar-refractivity contribution in [1.82, 2.24) is 15.3 Å². The second-order valence-electron chi connectivity index (χ2n) is 8.68. The molecule has 1 aliphatic rings. The lowest BCUT2D eigenvalue weighted by atomic mass is 9.86. The van der Waals surface area contributed by atoms with Gasteiger partial charge in [0.05, 0.1) is 4.92 Å². The molecule has 0 bridgehead atoms. The van der Waals surface area contributed by atoms with Crippen molar-refractivity contribution in [2.75, 3.05) is 36.9 Å². The number of halogens is 3. The Hall–Kier alpha value is -3.19. The number of nitro groups is 1. The molecule has 1 heterocycles. The molecule has 10 nitrogen and oxygen atoms in total. The maximum atomic E-state index is 12.5. The number of nitrogens with zero attached hydrogens (tertiary/aromatic N) is 3. The van der Waals surface area contributed by atoms with Gasteiger partial charge in [-0.3, -0.25) is 10.1 Å². The van der Waals surface area contributed by atoms with Crippen LogP contribution in [0.2, 0.25) is 0 Å². The highest BCUT2D eigenvalue weighted by molar-refractivity contribution is 5.57. The molecule has 0 amide bonds. The van der Waals surface area contributed by atoms with Gasteiger partial charge in [-0.15, -0.1) is 0 Å². The zero-order valence-corrected chi connectivity index (χ0v) is 19.8. The van der Waals surface area contributed by atoms with Crippen LogP contribution in [0.25, 0.3) is 0 Å². The van der Waals surface area contributed by atoms with Gasteiger partial charge < -0.3 is 25.8 Å². The van der Waals surface area contributed by atoms with Crippen molar-refractivity contribution in [3.63, 3.8) is 0 Å². The van der Waals surface area contributed by atoms with Crippen LogP contribution in [0.4, 0.5) is 30.6 Å². The average Bonchev–Trinajstić information content (AvgIpc) is 2.86. The first-order valence-electron chi connectivity index (χ1n) is 11.9. The normalized spacial score (nSPS) is 18.0. The van der Waals surface area contributed by atoms with E-state index in [2.05, 4.69) is 25.9 Å². The smallest absolute Gasteiger partial charge is 0.422 e. The lowest BCUT2D eigenvalue weighted by Gasteiger charge is -2.29. The molecular weight excluding hydrogens is 481 g/mol. The maximum Gasteiger partial charge on any atom is 0.422 e. The number of para-hydroxylation sites is 1. The van der Waals surface area contributed by atoms with E-state index in [1.807, 2.05) is 0 Å². The second kappa shape index (κ2) is 13.2. The number of aliphatic hydroxyl groups excluding tert-OH is 1. The molecule has 1 aliphatic carbocycles. The molecule has 0 spiro atoms. The Morgan fingerprint density at radius 2 is 1.92 bits per heavy atom. The minimum atomic E-state index is -4.46. The van der Waals surface area contributed by atoms with Crippen LogP contribution in [0.15, 0.2) is 30.5 Å². The van der Waals surface area contributed by atoms with E-state index in [0.717, 1.165) is 44.8 Å². The Kier molecular flexibility index (Phi) is 10.1. The number of hydrogen-bond acceptors (Lipinski definition) is 9. The molecule has 0 radical (unpaired) electrons. The molecule has 3 rings (SSSR count). The number of benzene rings is 1. The number of aliphatic hydroxyl groups is 1. The SMILES string of the molecule is O=[N+]([O-])c1cnc(NCc2ccccc2OCC(F)(F)F)nc1NCC1CCC(NCCCO)CC1. The molecule has 1 aromatic heterocycles. The van der Waals surface area contributed by atoms with Crippen molar-refractivity contribution in [1.29, 1.82) is 0 Å². The summed E-state index contributed by atoms with van der Waals surface area (Å²) in [6.07, 6.45) is 1.27. The summed E-state index contributed by atoms with van der Waals surface area (Å²) in [7, 11) is 0. The summed E-state index contributed by atoms with van der Waals surface area (Å²) in [5.41, 5.74) is 0.205. The Balaban J connectivity index is 1.58. The van der Waals surface area contributed by atoms with Crippen molar-refractivity contribution in [3.05, 3.63) is 46.1 Å². The lowest BCUT2D eigenvalue weighted by molar-refractivity contribution is -0.384. The van der Waals surface area contributed by atoms with Crippen LogP contribution in [0.3, 0.4) is 0 Å². The second-order valence-corrected chi connectivity index (χ2v) is 8.68. The van der Waals surface area contributed by atoms with Gasteiger partial charge in [0.15, 0.2) is 6.61 Å². The van der Waals surface area contributed by atoms with E-state index in [1.165, 1.54) is 6.07 Å². The van der Waals surface area contributed by atoms with Crippen molar-refractivity contribution in [3.8, 4) is 5.75 Å². The van der Waals surface area contributed by atoms with E-state index in [4.69, 9.17) is 9.84 Å². The Morgan fingerprint density at radius 1 is 1.17 bits per heavy atom. The van der Waals surface area contributed by atoms with E-state index >= 15 is 0 Å². The zero-order valence-electron chi connectivity index (χ0n) is 19.8.